The van der Waals surface area contributed by atoms with E-state index in [-0.39, 0.29) is 16.7 Å². The Morgan fingerprint density at radius 2 is 1.83 bits per heavy atom. The number of thioether (sulfide) groups is 1. The molecule has 1 N–H and O–H groups in total. The predicted octanol–water partition coefficient (Wildman–Crippen LogP) is 7.26. The second-order valence-corrected chi connectivity index (χ2v) is 8.94. The van der Waals surface area contributed by atoms with Crippen LogP contribution in [0.25, 0.3) is 6.08 Å². The van der Waals surface area contributed by atoms with E-state index in [0.717, 1.165) is 29.1 Å². The van der Waals surface area contributed by atoms with Crippen molar-refractivity contribution < 1.29 is 27.6 Å². The number of aryl methyl sites for hydroxylation is 1. The smallest absolute Gasteiger partial charge is 0.416 e. The first kappa shape index (κ1) is 25.3. The number of carbonyl (C=O) groups is 1. The van der Waals surface area contributed by atoms with Crippen LogP contribution in [0.4, 0.5) is 24.5 Å². The van der Waals surface area contributed by atoms with Crippen LogP contribution in [0.1, 0.15) is 16.7 Å². The van der Waals surface area contributed by atoms with E-state index in [1.807, 2.05) is 31.2 Å². The molecule has 3 aromatic rings. The molecule has 0 bridgehead atoms. The third-order valence-corrected chi connectivity index (χ3v) is 6.15. The number of ether oxygens (including phenoxy) is 1. The quantitative estimate of drug-likeness (QED) is 0.212. The molecule has 3 aromatic carbocycles. The first-order valence-electron chi connectivity index (χ1n) is 10.2. The van der Waals surface area contributed by atoms with Gasteiger partial charge in [-0.05, 0) is 66.2 Å². The number of hydrogen-bond acceptors (Lipinski definition) is 6. The van der Waals surface area contributed by atoms with Crippen LogP contribution < -0.4 is 10.1 Å². The minimum atomic E-state index is -4.74. The Labute approximate surface area is 211 Å². The maximum Gasteiger partial charge on any atom is 0.416 e. The molecule has 0 atom stereocenters. The lowest BCUT2D eigenvalue weighted by molar-refractivity contribution is -0.385. The fraction of sp³-hybridized carbons (Fsp3) is 0.0833. The van der Waals surface area contributed by atoms with Crippen LogP contribution in [0.5, 0.6) is 11.5 Å². The minimum Gasteiger partial charge on any atom is -0.449 e. The molecule has 1 aliphatic rings. The van der Waals surface area contributed by atoms with Gasteiger partial charge in [0.2, 0.25) is 5.75 Å². The highest BCUT2D eigenvalue weighted by Crippen LogP contribution is 2.40. The molecule has 1 aliphatic heterocycles. The number of alkyl halides is 3. The Balaban J connectivity index is 1.55. The van der Waals surface area contributed by atoms with E-state index in [0.29, 0.717) is 27.8 Å². The van der Waals surface area contributed by atoms with E-state index in [2.05, 4.69) is 10.3 Å². The number of nitrogens with one attached hydrogen (secondary N) is 1. The molecule has 0 aliphatic carbocycles. The number of nitro groups is 1. The summed E-state index contributed by atoms with van der Waals surface area (Å²) in [5, 5.41) is 14.4. The van der Waals surface area contributed by atoms with Crippen LogP contribution in [0.2, 0.25) is 5.02 Å². The van der Waals surface area contributed by atoms with Gasteiger partial charge in [-0.3, -0.25) is 14.9 Å². The Morgan fingerprint density at radius 1 is 1.11 bits per heavy atom. The van der Waals surface area contributed by atoms with Gasteiger partial charge >= 0.3 is 11.9 Å². The van der Waals surface area contributed by atoms with Gasteiger partial charge in [-0.2, -0.15) is 13.2 Å². The van der Waals surface area contributed by atoms with Crippen LogP contribution >= 0.6 is 23.4 Å². The molecular formula is C24H15ClF3N3O4S. The van der Waals surface area contributed by atoms with Crippen molar-refractivity contribution in [1.82, 2.24) is 5.32 Å². The number of benzene rings is 3. The van der Waals surface area contributed by atoms with Gasteiger partial charge in [0.1, 0.15) is 5.75 Å². The summed E-state index contributed by atoms with van der Waals surface area (Å²) in [6.45, 7) is 1.91. The highest BCUT2D eigenvalue weighted by molar-refractivity contribution is 8.18. The standard InChI is InChI=1S/C24H15ClF3N3O4S/c1-13-4-2-3-5-17(13)29-23-30-22(32)21(36-23)11-14-6-8-19(16(25)10-14)35-20-9-7-15(24(26,27)28)12-18(20)31(33)34/h2-12H,1H3,(H,29,30,32)/b21-11-. The Kier molecular flexibility index (Phi) is 7.04. The maximum atomic E-state index is 12.9. The normalized spacial score (nSPS) is 15.9. The fourth-order valence-corrected chi connectivity index (χ4v) is 4.22. The number of halogens is 4. The Bertz CT molecular complexity index is 1440. The van der Waals surface area contributed by atoms with Crippen LogP contribution in [0.3, 0.4) is 0 Å². The monoisotopic (exact) mass is 533 g/mol. The lowest BCUT2D eigenvalue weighted by atomic mass is 10.1. The summed E-state index contributed by atoms with van der Waals surface area (Å²) in [6, 6.07) is 13.8. The Morgan fingerprint density at radius 3 is 2.50 bits per heavy atom. The molecule has 0 spiro atoms. The largest absolute Gasteiger partial charge is 0.449 e. The number of amides is 1. The number of nitro benzene ring substituents is 1. The minimum absolute atomic E-state index is 0.00740. The van der Waals surface area contributed by atoms with Crippen molar-refractivity contribution in [1.29, 1.82) is 0 Å². The average molecular weight is 534 g/mol. The predicted molar refractivity (Wildman–Crippen MR) is 132 cm³/mol. The van der Waals surface area contributed by atoms with Crippen LogP contribution in [0, 0.1) is 17.0 Å². The van der Waals surface area contributed by atoms with E-state index < -0.39 is 28.1 Å². The molecule has 12 heteroatoms. The Hall–Kier alpha value is -3.83. The lowest BCUT2D eigenvalue weighted by Crippen LogP contribution is -2.19. The highest BCUT2D eigenvalue weighted by atomic mass is 35.5. The third-order valence-electron chi connectivity index (χ3n) is 4.94. The van der Waals surface area contributed by atoms with Gasteiger partial charge in [-0.1, -0.05) is 35.9 Å². The first-order chi connectivity index (χ1) is 17.0. The van der Waals surface area contributed by atoms with Crippen LogP contribution in [-0.4, -0.2) is 16.0 Å². The summed E-state index contributed by atoms with van der Waals surface area (Å²) in [5.74, 6) is -0.750. The number of rotatable bonds is 5. The van der Waals surface area contributed by atoms with Crippen molar-refractivity contribution in [2.45, 2.75) is 13.1 Å². The number of hydrogen-bond donors (Lipinski definition) is 1. The second kappa shape index (κ2) is 10.0. The van der Waals surface area contributed by atoms with Crippen molar-refractivity contribution in [3.8, 4) is 11.5 Å². The molecule has 0 saturated carbocycles. The van der Waals surface area contributed by atoms with Gasteiger partial charge in [0.15, 0.2) is 5.17 Å². The van der Waals surface area contributed by atoms with Crippen molar-refractivity contribution in [3.63, 3.8) is 0 Å². The summed E-state index contributed by atoms with van der Waals surface area (Å²) >= 11 is 7.40. The maximum absolute atomic E-state index is 12.9. The summed E-state index contributed by atoms with van der Waals surface area (Å²) in [6.07, 6.45) is -3.16. The molecule has 184 valence electrons. The molecule has 1 fully saturated rings. The lowest BCUT2D eigenvalue weighted by Gasteiger charge is -2.11. The molecule has 4 rings (SSSR count). The topological polar surface area (TPSA) is 93.8 Å². The number of amidine groups is 1. The molecule has 0 aromatic heterocycles. The number of nitrogens with zero attached hydrogens (tertiary/aromatic N) is 2. The fourth-order valence-electron chi connectivity index (χ4n) is 3.16. The van der Waals surface area contributed by atoms with Crippen molar-refractivity contribution in [3.05, 3.63) is 97.4 Å². The summed E-state index contributed by atoms with van der Waals surface area (Å²) in [7, 11) is 0. The molecule has 0 radical (unpaired) electrons. The summed E-state index contributed by atoms with van der Waals surface area (Å²) < 4.78 is 44.2. The van der Waals surface area contributed by atoms with Crippen molar-refractivity contribution in [2.75, 3.05) is 0 Å². The summed E-state index contributed by atoms with van der Waals surface area (Å²) in [4.78, 5) is 27.5. The van der Waals surface area contributed by atoms with E-state index >= 15 is 0 Å². The average Bonchev–Trinajstić information content (AvgIpc) is 3.15. The molecular weight excluding hydrogens is 519 g/mol. The van der Waals surface area contributed by atoms with Crippen molar-refractivity contribution in [2.24, 2.45) is 4.99 Å². The molecule has 1 amide bonds. The third kappa shape index (κ3) is 5.69. The van der Waals surface area contributed by atoms with Gasteiger partial charge < -0.3 is 10.1 Å². The van der Waals surface area contributed by atoms with Gasteiger partial charge in [0.05, 0.1) is 26.1 Å². The van der Waals surface area contributed by atoms with Crippen molar-refractivity contribution >= 4 is 51.9 Å². The van der Waals surface area contributed by atoms with E-state index in [4.69, 9.17) is 16.3 Å². The molecule has 0 unspecified atom stereocenters. The highest BCUT2D eigenvalue weighted by Gasteiger charge is 2.33. The van der Waals surface area contributed by atoms with E-state index in [1.165, 1.54) is 12.1 Å². The first-order valence-corrected chi connectivity index (χ1v) is 11.4. The van der Waals surface area contributed by atoms with Gasteiger partial charge in [-0.25, -0.2) is 4.99 Å². The number of aliphatic imine (C=N–C) groups is 1. The van der Waals surface area contributed by atoms with E-state index in [9.17, 15) is 28.1 Å². The molecule has 36 heavy (non-hydrogen) atoms. The second-order valence-electron chi connectivity index (χ2n) is 7.50. The zero-order valence-electron chi connectivity index (χ0n) is 18.3. The van der Waals surface area contributed by atoms with Crippen LogP contribution in [-0.2, 0) is 11.0 Å². The molecule has 7 nitrogen and oxygen atoms in total. The van der Waals surface area contributed by atoms with Gasteiger partial charge in [0, 0.05) is 6.07 Å². The number of para-hydroxylation sites is 1. The summed E-state index contributed by atoms with van der Waals surface area (Å²) in [5.41, 5.74) is 0.180. The molecule has 1 saturated heterocycles. The van der Waals surface area contributed by atoms with Crippen LogP contribution in [0.15, 0.2) is 70.6 Å². The van der Waals surface area contributed by atoms with E-state index in [1.54, 1.807) is 12.1 Å². The zero-order chi connectivity index (χ0) is 26.0. The number of carbonyl (C=O) groups excluding carboxylic acids is 1. The van der Waals surface area contributed by atoms with Gasteiger partial charge in [-0.15, -0.1) is 0 Å². The SMILES string of the molecule is Cc1ccccc1N=C1NC(=O)/C(=C/c2ccc(Oc3ccc(C(F)(F)F)cc3[N+](=O)[O-])c(Cl)c2)S1. The zero-order valence-corrected chi connectivity index (χ0v) is 19.9. The molecule has 1 heterocycles. The van der Waals surface area contributed by atoms with Gasteiger partial charge in [0.25, 0.3) is 5.91 Å².